The second-order valence-corrected chi connectivity index (χ2v) is 3.61. The molecule has 1 aromatic carbocycles. The van der Waals surface area contributed by atoms with Crippen LogP contribution >= 0.6 is 11.6 Å². The number of carbonyl (C=O) groups excluding carboxylic acids is 1. The third kappa shape index (κ3) is 2.41. The molecule has 0 radical (unpaired) electrons. The number of rotatable bonds is 3. The molecule has 0 aliphatic rings. The fraction of sp³-hybridized carbons (Fsp3) is 0.0909. The van der Waals surface area contributed by atoms with Crippen LogP contribution in [0.25, 0.3) is 0 Å². The number of nitrogens with one attached hydrogen (secondary N) is 2. The topological polar surface area (TPSA) is 57.8 Å². The van der Waals surface area contributed by atoms with Crippen LogP contribution in [0.1, 0.15) is 16.2 Å². The van der Waals surface area contributed by atoms with E-state index in [9.17, 15) is 4.79 Å². The van der Waals surface area contributed by atoms with Crippen LogP contribution < -0.4 is 5.32 Å². The Morgan fingerprint density at radius 2 is 2.25 bits per heavy atom. The van der Waals surface area contributed by atoms with Crippen LogP contribution in [-0.4, -0.2) is 15.9 Å². The minimum Gasteiger partial charge on any atom is -0.347 e. The third-order valence-electron chi connectivity index (χ3n) is 2.09. The molecule has 1 amide bonds. The minimum absolute atomic E-state index is 0.206. The lowest BCUT2D eigenvalue weighted by Gasteiger charge is -2.04. The van der Waals surface area contributed by atoms with Crippen molar-refractivity contribution in [2.75, 3.05) is 0 Å². The van der Waals surface area contributed by atoms with E-state index >= 15 is 0 Å². The van der Waals surface area contributed by atoms with Crippen molar-refractivity contribution in [1.29, 1.82) is 0 Å². The smallest absolute Gasteiger partial charge is 0.253 e. The van der Waals surface area contributed by atoms with Gasteiger partial charge in [0.05, 0.1) is 17.1 Å². The third-order valence-corrected chi connectivity index (χ3v) is 2.42. The van der Waals surface area contributed by atoms with Crippen LogP contribution in [0.4, 0.5) is 0 Å². The number of amides is 1. The maximum absolute atomic E-state index is 11.7. The first kappa shape index (κ1) is 10.7. The number of aromatic amines is 1. The van der Waals surface area contributed by atoms with E-state index in [2.05, 4.69) is 15.3 Å². The predicted molar refractivity (Wildman–Crippen MR) is 61.2 cm³/mol. The summed E-state index contributed by atoms with van der Waals surface area (Å²) in [6, 6.07) is 6.92. The molecule has 5 heteroatoms. The fourth-order valence-corrected chi connectivity index (χ4v) is 1.52. The molecule has 0 saturated heterocycles. The highest BCUT2D eigenvalue weighted by Crippen LogP contribution is 2.14. The zero-order chi connectivity index (χ0) is 11.4. The second kappa shape index (κ2) is 4.81. The van der Waals surface area contributed by atoms with E-state index < -0.39 is 0 Å². The molecular weight excluding hydrogens is 226 g/mol. The minimum atomic E-state index is -0.206. The van der Waals surface area contributed by atoms with Gasteiger partial charge < -0.3 is 10.3 Å². The summed E-state index contributed by atoms with van der Waals surface area (Å²) in [6.07, 6.45) is 3.34. The molecule has 2 aromatic rings. The highest BCUT2D eigenvalue weighted by atomic mass is 35.5. The molecule has 1 aromatic heterocycles. The Morgan fingerprint density at radius 1 is 1.44 bits per heavy atom. The predicted octanol–water partition coefficient (Wildman–Crippen LogP) is 1.99. The lowest BCUT2D eigenvalue weighted by molar-refractivity contribution is 0.0950. The summed E-state index contributed by atoms with van der Waals surface area (Å²) in [5.74, 6) is 0.502. The molecule has 16 heavy (non-hydrogen) atoms. The number of aromatic nitrogens is 2. The van der Waals surface area contributed by atoms with Gasteiger partial charge in [-0.15, -0.1) is 0 Å². The highest BCUT2D eigenvalue weighted by molar-refractivity contribution is 6.33. The highest BCUT2D eigenvalue weighted by Gasteiger charge is 2.08. The van der Waals surface area contributed by atoms with Gasteiger partial charge in [-0.3, -0.25) is 4.79 Å². The van der Waals surface area contributed by atoms with Crippen molar-refractivity contribution in [2.45, 2.75) is 6.54 Å². The van der Waals surface area contributed by atoms with Crippen molar-refractivity contribution in [2.24, 2.45) is 0 Å². The van der Waals surface area contributed by atoms with Crippen LogP contribution in [0.3, 0.4) is 0 Å². The molecule has 0 bridgehead atoms. The summed E-state index contributed by atoms with van der Waals surface area (Å²) >= 11 is 5.90. The SMILES string of the molecule is O=C(NCc1ncc[nH]1)c1ccccc1Cl. The van der Waals surface area contributed by atoms with Gasteiger partial charge >= 0.3 is 0 Å². The lowest BCUT2D eigenvalue weighted by atomic mass is 10.2. The van der Waals surface area contributed by atoms with Crippen LogP contribution in [0.2, 0.25) is 5.02 Å². The van der Waals surface area contributed by atoms with Crippen molar-refractivity contribution in [1.82, 2.24) is 15.3 Å². The van der Waals surface area contributed by atoms with Crippen LogP contribution in [0.15, 0.2) is 36.7 Å². The Balaban J connectivity index is 2.01. The number of halogens is 1. The number of hydrogen-bond donors (Lipinski definition) is 2. The molecule has 2 rings (SSSR count). The number of benzene rings is 1. The Bertz CT molecular complexity index is 482. The summed E-state index contributed by atoms with van der Waals surface area (Å²) < 4.78 is 0. The number of imidazole rings is 1. The summed E-state index contributed by atoms with van der Waals surface area (Å²) in [4.78, 5) is 18.6. The van der Waals surface area contributed by atoms with Gasteiger partial charge in [0.15, 0.2) is 0 Å². The molecular formula is C11H10ClN3O. The Hall–Kier alpha value is -1.81. The van der Waals surface area contributed by atoms with E-state index in [-0.39, 0.29) is 5.91 Å². The summed E-state index contributed by atoms with van der Waals surface area (Å²) in [5.41, 5.74) is 0.468. The molecule has 0 fully saturated rings. The largest absolute Gasteiger partial charge is 0.347 e. The molecule has 0 unspecified atom stereocenters. The molecule has 0 aliphatic heterocycles. The first-order valence-corrected chi connectivity index (χ1v) is 5.16. The quantitative estimate of drug-likeness (QED) is 0.855. The van der Waals surface area contributed by atoms with Crippen molar-refractivity contribution in [3.63, 3.8) is 0 Å². The van der Waals surface area contributed by atoms with Gasteiger partial charge in [0.25, 0.3) is 5.91 Å². The molecule has 0 saturated carbocycles. The molecule has 4 nitrogen and oxygen atoms in total. The van der Waals surface area contributed by atoms with Crippen molar-refractivity contribution < 1.29 is 4.79 Å². The van der Waals surface area contributed by atoms with Gasteiger partial charge in [-0.2, -0.15) is 0 Å². The van der Waals surface area contributed by atoms with Gasteiger partial charge in [-0.25, -0.2) is 4.98 Å². The molecule has 0 aliphatic carbocycles. The lowest BCUT2D eigenvalue weighted by Crippen LogP contribution is -2.23. The van der Waals surface area contributed by atoms with E-state index in [1.165, 1.54) is 0 Å². The van der Waals surface area contributed by atoms with E-state index in [1.807, 2.05) is 0 Å². The average Bonchev–Trinajstić information content (AvgIpc) is 2.79. The van der Waals surface area contributed by atoms with Crippen LogP contribution in [0.5, 0.6) is 0 Å². The monoisotopic (exact) mass is 235 g/mol. The fourth-order valence-electron chi connectivity index (χ4n) is 1.30. The van der Waals surface area contributed by atoms with E-state index in [0.29, 0.717) is 23.0 Å². The van der Waals surface area contributed by atoms with Gasteiger partial charge in [0.2, 0.25) is 0 Å². The zero-order valence-corrected chi connectivity index (χ0v) is 9.16. The van der Waals surface area contributed by atoms with Crippen molar-refractivity contribution in [3.8, 4) is 0 Å². The maximum atomic E-state index is 11.7. The number of carbonyl (C=O) groups is 1. The van der Waals surface area contributed by atoms with Crippen molar-refractivity contribution in [3.05, 3.63) is 53.1 Å². The Morgan fingerprint density at radius 3 is 2.94 bits per heavy atom. The van der Waals surface area contributed by atoms with Gasteiger partial charge in [-0.05, 0) is 12.1 Å². The Labute approximate surface area is 97.7 Å². The number of hydrogen-bond acceptors (Lipinski definition) is 2. The molecule has 2 N–H and O–H groups in total. The summed E-state index contributed by atoms with van der Waals surface area (Å²) in [6.45, 7) is 0.358. The van der Waals surface area contributed by atoms with E-state index in [1.54, 1.807) is 36.7 Å². The normalized spacial score (nSPS) is 10.1. The average molecular weight is 236 g/mol. The molecule has 0 atom stereocenters. The number of H-pyrrole nitrogens is 1. The first-order valence-electron chi connectivity index (χ1n) is 4.78. The summed E-state index contributed by atoms with van der Waals surface area (Å²) in [5, 5.41) is 3.17. The van der Waals surface area contributed by atoms with Crippen LogP contribution in [-0.2, 0) is 6.54 Å². The van der Waals surface area contributed by atoms with E-state index in [4.69, 9.17) is 11.6 Å². The van der Waals surface area contributed by atoms with Crippen molar-refractivity contribution >= 4 is 17.5 Å². The van der Waals surface area contributed by atoms with Gasteiger partial charge in [-0.1, -0.05) is 23.7 Å². The molecule has 0 spiro atoms. The van der Waals surface area contributed by atoms with Gasteiger partial charge in [0, 0.05) is 12.4 Å². The van der Waals surface area contributed by atoms with Crippen LogP contribution in [0, 0.1) is 0 Å². The zero-order valence-electron chi connectivity index (χ0n) is 8.40. The Kier molecular flexibility index (Phi) is 3.22. The van der Waals surface area contributed by atoms with Gasteiger partial charge in [0.1, 0.15) is 5.82 Å². The summed E-state index contributed by atoms with van der Waals surface area (Å²) in [7, 11) is 0. The molecule has 1 heterocycles. The van der Waals surface area contributed by atoms with E-state index in [0.717, 1.165) is 0 Å². The maximum Gasteiger partial charge on any atom is 0.253 e. The first-order chi connectivity index (χ1) is 7.77. The standard InChI is InChI=1S/C11H10ClN3O/c12-9-4-2-1-3-8(9)11(16)15-7-10-13-5-6-14-10/h1-6H,7H2,(H,13,14)(H,15,16). The number of nitrogens with zero attached hydrogens (tertiary/aromatic N) is 1. The second-order valence-electron chi connectivity index (χ2n) is 3.20. The molecule has 82 valence electrons.